The van der Waals surface area contributed by atoms with Gasteiger partial charge in [0, 0.05) is 25.7 Å². The molecule has 4 nitrogen and oxygen atoms in total. The smallest absolute Gasteiger partial charge is 0.142 e. The molecule has 2 N–H and O–H groups in total. The molecule has 0 amide bonds. The van der Waals surface area contributed by atoms with Crippen LogP contribution in [0.25, 0.3) is 0 Å². The number of hydrogen-bond acceptors (Lipinski definition) is 4. The fourth-order valence-electron chi connectivity index (χ4n) is 2.63. The van der Waals surface area contributed by atoms with Crippen LogP contribution in [0.4, 0.5) is 5.69 Å². The van der Waals surface area contributed by atoms with Crippen LogP contribution in [0.3, 0.4) is 0 Å². The Morgan fingerprint density at radius 1 is 1.33 bits per heavy atom. The number of nitrogens with zero attached hydrogens (tertiary/aromatic N) is 2. The van der Waals surface area contributed by atoms with Gasteiger partial charge in [-0.1, -0.05) is 12.1 Å². The number of piperazine rings is 1. The van der Waals surface area contributed by atoms with Gasteiger partial charge in [0.2, 0.25) is 0 Å². The Balaban J connectivity index is 2.23. The normalized spacial score (nSPS) is 21.1. The molecule has 0 aliphatic carbocycles. The summed E-state index contributed by atoms with van der Waals surface area (Å²) in [6.45, 7) is 3.90. The van der Waals surface area contributed by atoms with E-state index in [2.05, 4.69) is 29.0 Å². The molecule has 0 bridgehead atoms. The van der Waals surface area contributed by atoms with E-state index in [4.69, 9.17) is 10.5 Å². The molecular formula is C14H23N3O. The maximum atomic E-state index is 5.74. The van der Waals surface area contributed by atoms with E-state index in [0.717, 1.165) is 38.3 Å². The second kappa shape index (κ2) is 6.07. The predicted molar refractivity (Wildman–Crippen MR) is 75.3 cm³/mol. The number of anilines is 1. The lowest BCUT2D eigenvalue weighted by molar-refractivity contribution is 0.260. The Hall–Kier alpha value is -1.26. The van der Waals surface area contributed by atoms with E-state index in [0.29, 0.717) is 6.04 Å². The fourth-order valence-corrected chi connectivity index (χ4v) is 2.63. The zero-order chi connectivity index (χ0) is 13.0. The van der Waals surface area contributed by atoms with Crippen molar-refractivity contribution in [2.75, 3.05) is 45.2 Å². The van der Waals surface area contributed by atoms with Crippen LogP contribution in [0.5, 0.6) is 5.75 Å². The van der Waals surface area contributed by atoms with Gasteiger partial charge in [-0.05, 0) is 32.1 Å². The molecule has 100 valence electrons. The first-order chi connectivity index (χ1) is 8.76. The van der Waals surface area contributed by atoms with Crippen molar-refractivity contribution in [1.29, 1.82) is 0 Å². The number of para-hydroxylation sites is 2. The summed E-state index contributed by atoms with van der Waals surface area (Å²) in [7, 11) is 3.90. The number of hydrogen-bond donors (Lipinski definition) is 1. The van der Waals surface area contributed by atoms with Crippen molar-refractivity contribution in [3.63, 3.8) is 0 Å². The highest BCUT2D eigenvalue weighted by Crippen LogP contribution is 2.31. The maximum Gasteiger partial charge on any atom is 0.142 e. The van der Waals surface area contributed by atoms with E-state index < -0.39 is 0 Å². The summed E-state index contributed by atoms with van der Waals surface area (Å²) in [6.07, 6.45) is 1.02. The van der Waals surface area contributed by atoms with E-state index in [-0.39, 0.29) is 0 Å². The Morgan fingerprint density at radius 3 is 2.83 bits per heavy atom. The Morgan fingerprint density at radius 2 is 2.11 bits per heavy atom. The summed E-state index contributed by atoms with van der Waals surface area (Å²) in [5.74, 6) is 0.948. The second-order valence-corrected chi connectivity index (χ2v) is 4.86. The third-order valence-corrected chi connectivity index (χ3v) is 3.58. The van der Waals surface area contributed by atoms with E-state index in [1.54, 1.807) is 7.11 Å². The highest BCUT2D eigenvalue weighted by molar-refractivity contribution is 5.59. The van der Waals surface area contributed by atoms with E-state index in [1.165, 1.54) is 5.69 Å². The van der Waals surface area contributed by atoms with Crippen molar-refractivity contribution in [2.45, 2.75) is 12.5 Å². The first-order valence-electron chi connectivity index (χ1n) is 6.54. The van der Waals surface area contributed by atoms with Crippen molar-refractivity contribution < 1.29 is 4.74 Å². The monoisotopic (exact) mass is 249 g/mol. The minimum absolute atomic E-state index is 0.477. The van der Waals surface area contributed by atoms with Crippen LogP contribution in [0.1, 0.15) is 6.42 Å². The van der Waals surface area contributed by atoms with Crippen LogP contribution in [-0.4, -0.2) is 51.3 Å². The molecule has 1 aliphatic heterocycles. The molecule has 18 heavy (non-hydrogen) atoms. The highest BCUT2D eigenvalue weighted by Gasteiger charge is 2.26. The molecule has 1 fully saturated rings. The average Bonchev–Trinajstić information content (AvgIpc) is 2.39. The standard InChI is InChI=1S/C14H23N3O/c1-16-9-10-17(12(11-16)7-8-15)13-5-3-4-6-14(13)18-2/h3-6,12H,7-11,15H2,1-2H3. The van der Waals surface area contributed by atoms with Gasteiger partial charge in [-0.3, -0.25) is 0 Å². The van der Waals surface area contributed by atoms with Gasteiger partial charge >= 0.3 is 0 Å². The van der Waals surface area contributed by atoms with Crippen molar-refractivity contribution in [1.82, 2.24) is 4.90 Å². The largest absolute Gasteiger partial charge is 0.495 e. The molecular weight excluding hydrogens is 226 g/mol. The van der Waals surface area contributed by atoms with Crippen LogP contribution in [-0.2, 0) is 0 Å². The summed E-state index contributed by atoms with van der Waals surface area (Å²) >= 11 is 0. The van der Waals surface area contributed by atoms with Gasteiger partial charge in [-0.2, -0.15) is 0 Å². The van der Waals surface area contributed by atoms with Crippen LogP contribution >= 0.6 is 0 Å². The van der Waals surface area contributed by atoms with Gasteiger partial charge in [-0.25, -0.2) is 0 Å². The van der Waals surface area contributed by atoms with E-state index in [1.807, 2.05) is 12.1 Å². The zero-order valence-corrected chi connectivity index (χ0v) is 11.3. The van der Waals surface area contributed by atoms with Gasteiger partial charge < -0.3 is 20.3 Å². The SMILES string of the molecule is COc1ccccc1N1CCN(C)CC1CCN. The summed E-state index contributed by atoms with van der Waals surface area (Å²) in [4.78, 5) is 4.80. The number of nitrogens with two attached hydrogens (primary N) is 1. The minimum Gasteiger partial charge on any atom is -0.495 e. The van der Waals surface area contributed by atoms with Crippen LogP contribution in [0.15, 0.2) is 24.3 Å². The molecule has 0 radical (unpaired) electrons. The summed E-state index contributed by atoms with van der Waals surface area (Å²) in [5.41, 5.74) is 6.93. The number of likely N-dealkylation sites (N-methyl/N-ethyl adjacent to an activating group) is 1. The van der Waals surface area contributed by atoms with Crippen molar-refractivity contribution in [3.05, 3.63) is 24.3 Å². The third kappa shape index (κ3) is 2.76. The average molecular weight is 249 g/mol. The summed E-state index contributed by atoms with van der Waals surface area (Å²) in [5, 5.41) is 0. The van der Waals surface area contributed by atoms with Crippen LogP contribution < -0.4 is 15.4 Å². The van der Waals surface area contributed by atoms with Crippen LogP contribution in [0.2, 0.25) is 0 Å². The lowest BCUT2D eigenvalue weighted by Crippen LogP contribution is -2.52. The van der Waals surface area contributed by atoms with Gasteiger partial charge in [0.15, 0.2) is 0 Å². The van der Waals surface area contributed by atoms with Crippen molar-refractivity contribution >= 4 is 5.69 Å². The number of benzene rings is 1. The van der Waals surface area contributed by atoms with Crippen molar-refractivity contribution in [3.8, 4) is 5.75 Å². The molecule has 0 saturated carbocycles. The third-order valence-electron chi connectivity index (χ3n) is 3.58. The highest BCUT2D eigenvalue weighted by atomic mass is 16.5. The molecule has 1 atom stereocenters. The van der Waals surface area contributed by atoms with Gasteiger partial charge in [0.05, 0.1) is 12.8 Å². The summed E-state index contributed by atoms with van der Waals surface area (Å²) in [6, 6.07) is 8.71. The van der Waals surface area contributed by atoms with E-state index >= 15 is 0 Å². The Bertz CT molecular complexity index is 383. The molecule has 1 heterocycles. The molecule has 1 aromatic carbocycles. The van der Waals surface area contributed by atoms with Crippen molar-refractivity contribution in [2.24, 2.45) is 5.73 Å². The molecule has 1 aliphatic rings. The molecule has 1 unspecified atom stereocenters. The lowest BCUT2D eigenvalue weighted by Gasteiger charge is -2.42. The zero-order valence-electron chi connectivity index (χ0n) is 11.3. The molecule has 4 heteroatoms. The number of methoxy groups -OCH3 is 1. The van der Waals surface area contributed by atoms with Gasteiger partial charge in [0.25, 0.3) is 0 Å². The fraction of sp³-hybridized carbons (Fsp3) is 0.571. The van der Waals surface area contributed by atoms with Gasteiger partial charge in [-0.15, -0.1) is 0 Å². The molecule has 1 saturated heterocycles. The van der Waals surface area contributed by atoms with Crippen LogP contribution in [0, 0.1) is 0 Å². The number of rotatable bonds is 4. The minimum atomic E-state index is 0.477. The first-order valence-corrected chi connectivity index (χ1v) is 6.54. The number of ether oxygens (including phenoxy) is 1. The first kappa shape index (κ1) is 13.2. The molecule has 1 aromatic rings. The topological polar surface area (TPSA) is 41.7 Å². The Labute approximate surface area is 109 Å². The van der Waals surface area contributed by atoms with E-state index in [9.17, 15) is 0 Å². The summed E-state index contributed by atoms with van der Waals surface area (Å²) < 4.78 is 5.47. The molecule has 2 rings (SSSR count). The lowest BCUT2D eigenvalue weighted by atomic mass is 10.1. The second-order valence-electron chi connectivity index (χ2n) is 4.86. The molecule has 0 spiro atoms. The Kier molecular flexibility index (Phi) is 4.44. The quantitative estimate of drug-likeness (QED) is 0.869. The predicted octanol–water partition coefficient (Wildman–Crippen LogP) is 1.16. The maximum absolute atomic E-state index is 5.74. The molecule has 0 aromatic heterocycles. The van der Waals surface area contributed by atoms with Gasteiger partial charge in [0.1, 0.15) is 5.75 Å².